The molecule has 0 aliphatic carbocycles. The smallest absolute Gasteiger partial charge is 0.257 e. The van der Waals surface area contributed by atoms with Crippen LogP contribution in [0.3, 0.4) is 0 Å². The minimum absolute atomic E-state index is 0.0601. The molecule has 0 unspecified atom stereocenters. The minimum atomic E-state index is -0.0601. The maximum absolute atomic E-state index is 11.9. The quantitative estimate of drug-likeness (QED) is 0.697. The van der Waals surface area contributed by atoms with Crippen molar-refractivity contribution >= 4 is 23.4 Å². The number of carbonyl (C=O) groups excluding carboxylic acids is 1. The highest BCUT2D eigenvalue weighted by Crippen LogP contribution is 2.21. The molecular formula is C18H17N3O3S. The van der Waals surface area contributed by atoms with E-state index in [0.717, 1.165) is 17.0 Å². The molecule has 2 aromatic carbocycles. The molecule has 0 aliphatic rings. The Morgan fingerprint density at radius 2 is 1.92 bits per heavy atom. The van der Waals surface area contributed by atoms with Gasteiger partial charge in [0.25, 0.3) is 5.89 Å². The van der Waals surface area contributed by atoms with Crippen molar-refractivity contribution in [2.75, 3.05) is 18.2 Å². The summed E-state index contributed by atoms with van der Waals surface area (Å²) in [4.78, 5) is 16.2. The number of benzene rings is 2. The van der Waals surface area contributed by atoms with Crippen molar-refractivity contribution in [3.63, 3.8) is 0 Å². The predicted molar refractivity (Wildman–Crippen MR) is 97.5 cm³/mol. The average Bonchev–Trinajstić information content (AvgIpc) is 3.11. The van der Waals surface area contributed by atoms with Crippen molar-refractivity contribution in [2.24, 2.45) is 0 Å². The number of methoxy groups -OCH3 is 1. The van der Waals surface area contributed by atoms with E-state index in [1.54, 1.807) is 7.11 Å². The molecule has 0 saturated heterocycles. The third kappa shape index (κ3) is 4.84. The first kappa shape index (κ1) is 17.0. The van der Waals surface area contributed by atoms with Crippen LogP contribution in [0, 0.1) is 0 Å². The van der Waals surface area contributed by atoms with Gasteiger partial charge >= 0.3 is 0 Å². The summed E-state index contributed by atoms with van der Waals surface area (Å²) in [6.45, 7) is 0. The zero-order chi connectivity index (χ0) is 17.5. The number of amides is 1. The van der Waals surface area contributed by atoms with Gasteiger partial charge in [-0.15, -0.1) is 11.8 Å². The molecule has 6 nitrogen and oxygen atoms in total. The van der Waals surface area contributed by atoms with Gasteiger partial charge in [0.15, 0.2) is 5.82 Å². The molecule has 1 heterocycles. The number of rotatable bonds is 7. The average molecular weight is 355 g/mol. The number of nitrogens with zero attached hydrogens (tertiary/aromatic N) is 2. The fourth-order valence-electron chi connectivity index (χ4n) is 2.12. The zero-order valence-electron chi connectivity index (χ0n) is 13.6. The predicted octanol–water partition coefficient (Wildman–Crippen LogP) is 3.62. The second kappa shape index (κ2) is 8.34. The van der Waals surface area contributed by atoms with Crippen LogP contribution in [0.4, 0.5) is 5.69 Å². The number of nitrogens with one attached hydrogen (secondary N) is 1. The van der Waals surface area contributed by atoms with Gasteiger partial charge in [-0.05, 0) is 36.4 Å². The summed E-state index contributed by atoms with van der Waals surface area (Å²) in [7, 11) is 1.62. The maximum atomic E-state index is 11.9. The highest BCUT2D eigenvalue weighted by atomic mass is 32.2. The molecule has 0 saturated carbocycles. The van der Waals surface area contributed by atoms with E-state index in [-0.39, 0.29) is 5.91 Å². The van der Waals surface area contributed by atoms with Gasteiger partial charge < -0.3 is 14.6 Å². The van der Waals surface area contributed by atoms with Crippen molar-refractivity contribution in [3.05, 3.63) is 60.4 Å². The van der Waals surface area contributed by atoms with E-state index >= 15 is 0 Å². The highest BCUT2D eigenvalue weighted by Gasteiger charge is 2.10. The molecule has 7 heteroatoms. The number of carbonyl (C=O) groups is 1. The molecular weight excluding hydrogens is 338 g/mol. The van der Waals surface area contributed by atoms with Gasteiger partial charge in [0, 0.05) is 11.3 Å². The first-order chi connectivity index (χ1) is 12.2. The summed E-state index contributed by atoms with van der Waals surface area (Å²) in [5.41, 5.74) is 1.61. The van der Waals surface area contributed by atoms with Gasteiger partial charge in [-0.1, -0.05) is 23.4 Å². The second-order valence-corrected chi connectivity index (χ2v) is 6.14. The Balaban J connectivity index is 1.49. The first-order valence-electron chi connectivity index (χ1n) is 7.64. The lowest BCUT2D eigenvalue weighted by molar-refractivity contribution is -0.113. The SMILES string of the molecule is COc1ccc(-c2nc(CSCC(=O)Nc3ccccc3)no2)cc1. The molecule has 1 amide bonds. The first-order valence-corrected chi connectivity index (χ1v) is 8.80. The van der Waals surface area contributed by atoms with Crippen LogP contribution >= 0.6 is 11.8 Å². The van der Waals surface area contributed by atoms with E-state index in [2.05, 4.69) is 15.5 Å². The van der Waals surface area contributed by atoms with Gasteiger partial charge in [-0.25, -0.2) is 0 Å². The molecule has 0 fully saturated rings. The van der Waals surface area contributed by atoms with Crippen LogP contribution in [-0.4, -0.2) is 28.9 Å². The number of hydrogen-bond acceptors (Lipinski definition) is 6. The Bertz CT molecular complexity index is 819. The Hall–Kier alpha value is -2.80. The van der Waals surface area contributed by atoms with E-state index in [1.807, 2.05) is 54.6 Å². The summed E-state index contributed by atoms with van der Waals surface area (Å²) >= 11 is 1.43. The van der Waals surface area contributed by atoms with Crippen molar-refractivity contribution < 1.29 is 14.1 Å². The Labute approximate surface area is 149 Å². The van der Waals surface area contributed by atoms with Gasteiger partial charge in [0.05, 0.1) is 18.6 Å². The molecule has 3 aromatic rings. The van der Waals surface area contributed by atoms with Crippen molar-refractivity contribution in [3.8, 4) is 17.2 Å². The molecule has 128 valence electrons. The lowest BCUT2D eigenvalue weighted by Gasteiger charge is -2.03. The van der Waals surface area contributed by atoms with Gasteiger partial charge in [-0.3, -0.25) is 4.79 Å². The number of hydrogen-bond donors (Lipinski definition) is 1. The number of thioether (sulfide) groups is 1. The largest absolute Gasteiger partial charge is 0.497 e. The molecule has 0 bridgehead atoms. The molecule has 3 rings (SSSR count). The lowest BCUT2D eigenvalue weighted by atomic mass is 10.2. The summed E-state index contributed by atoms with van der Waals surface area (Å²) in [6.07, 6.45) is 0. The summed E-state index contributed by atoms with van der Waals surface area (Å²) in [5, 5.41) is 6.78. The van der Waals surface area contributed by atoms with Gasteiger partial charge in [-0.2, -0.15) is 4.98 Å². The topological polar surface area (TPSA) is 77.2 Å². The van der Waals surface area contributed by atoms with Crippen LogP contribution in [0.5, 0.6) is 5.75 Å². The van der Waals surface area contributed by atoms with Crippen molar-refractivity contribution in [1.29, 1.82) is 0 Å². The van der Waals surface area contributed by atoms with Crippen LogP contribution in [0.15, 0.2) is 59.1 Å². The monoisotopic (exact) mass is 355 g/mol. The van der Waals surface area contributed by atoms with Crippen LogP contribution < -0.4 is 10.1 Å². The minimum Gasteiger partial charge on any atom is -0.497 e. The molecule has 0 spiro atoms. The molecule has 0 aliphatic heterocycles. The summed E-state index contributed by atoms with van der Waals surface area (Å²) in [6, 6.07) is 16.7. The molecule has 0 atom stereocenters. The summed E-state index contributed by atoms with van der Waals surface area (Å²) in [5.74, 6) is 2.54. The van der Waals surface area contributed by atoms with Crippen LogP contribution in [0.2, 0.25) is 0 Å². The van der Waals surface area contributed by atoms with Crippen LogP contribution in [-0.2, 0) is 10.5 Å². The van der Waals surface area contributed by atoms with Crippen LogP contribution in [0.25, 0.3) is 11.5 Å². The molecule has 1 N–H and O–H groups in total. The van der Waals surface area contributed by atoms with E-state index < -0.39 is 0 Å². The fraction of sp³-hybridized carbons (Fsp3) is 0.167. The lowest BCUT2D eigenvalue weighted by Crippen LogP contribution is -2.14. The Kier molecular flexibility index (Phi) is 5.69. The normalized spacial score (nSPS) is 10.4. The van der Waals surface area contributed by atoms with Gasteiger partial charge in [0.2, 0.25) is 5.91 Å². The summed E-state index contributed by atoms with van der Waals surface area (Å²) < 4.78 is 10.4. The molecule has 1 aromatic heterocycles. The third-order valence-corrected chi connectivity index (χ3v) is 4.26. The molecule has 0 radical (unpaired) electrons. The Morgan fingerprint density at radius 1 is 1.16 bits per heavy atom. The highest BCUT2D eigenvalue weighted by molar-refractivity contribution is 7.99. The third-order valence-electron chi connectivity index (χ3n) is 3.33. The fourth-order valence-corrected chi connectivity index (χ4v) is 2.78. The number of aromatic nitrogens is 2. The van der Waals surface area contributed by atoms with E-state index in [0.29, 0.717) is 23.2 Å². The van der Waals surface area contributed by atoms with E-state index in [4.69, 9.17) is 9.26 Å². The van der Waals surface area contributed by atoms with E-state index in [9.17, 15) is 4.79 Å². The standard InChI is InChI=1S/C18H17N3O3S/c1-23-15-9-7-13(8-10-15)18-20-16(21-24-18)11-25-12-17(22)19-14-5-3-2-4-6-14/h2-10H,11-12H2,1H3,(H,19,22). The number of anilines is 1. The number of para-hydroxylation sites is 1. The van der Waals surface area contributed by atoms with Crippen molar-refractivity contribution in [2.45, 2.75) is 5.75 Å². The van der Waals surface area contributed by atoms with Gasteiger partial charge in [0.1, 0.15) is 5.75 Å². The maximum Gasteiger partial charge on any atom is 0.257 e. The van der Waals surface area contributed by atoms with E-state index in [1.165, 1.54) is 11.8 Å². The molecule has 25 heavy (non-hydrogen) atoms. The van der Waals surface area contributed by atoms with Crippen molar-refractivity contribution in [1.82, 2.24) is 10.1 Å². The number of ether oxygens (including phenoxy) is 1. The Morgan fingerprint density at radius 3 is 2.64 bits per heavy atom. The zero-order valence-corrected chi connectivity index (χ0v) is 14.5. The van der Waals surface area contributed by atoms with Crippen LogP contribution in [0.1, 0.15) is 5.82 Å². The second-order valence-electron chi connectivity index (χ2n) is 5.15.